The Balaban J connectivity index is 1.54. The molecule has 1 saturated heterocycles. The molecule has 156 valence electrons. The molecule has 7 heteroatoms. The predicted molar refractivity (Wildman–Crippen MR) is 118 cm³/mol. The maximum absolute atomic E-state index is 13.0. The highest BCUT2D eigenvalue weighted by molar-refractivity contribution is 6.33. The second kappa shape index (κ2) is 8.98. The van der Waals surface area contributed by atoms with Gasteiger partial charge in [0.15, 0.2) is 5.82 Å². The third-order valence-corrected chi connectivity index (χ3v) is 5.80. The summed E-state index contributed by atoms with van der Waals surface area (Å²) in [6.07, 6.45) is 2.38. The number of carbonyl (C=O) groups excluding carboxylic acids is 1. The van der Waals surface area contributed by atoms with Gasteiger partial charge in [-0.15, -0.1) is 0 Å². The van der Waals surface area contributed by atoms with Crippen LogP contribution >= 0.6 is 11.6 Å². The van der Waals surface area contributed by atoms with Gasteiger partial charge in [0.25, 0.3) is 5.91 Å². The van der Waals surface area contributed by atoms with E-state index in [2.05, 4.69) is 32.4 Å². The number of hydrogen-bond acceptors (Lipinski definition) is 4. The van der Waals surface area contributed by atoms with Gasteiger partial charge in [0, 0.05) is 12.2 Å². The average molecular weight is 424 g/mol. The molecule has 1 aromatic carbocycles. The average Bonchev–Trinajstić information content (AvgIpc) is 3.39. The largest absolute Gasteiger partial charge is 0.349 e. The first-order valence-corrected chi connectivity index (χ1v) is 10.7. The summed E-state index contributed by atoms with van der Waals surface area (Å²) in [7, 11) is 0. The summed E-state index contributed by atoms with van der Waals surface area (Å²) in [5.41, 5.74) is 3.27. The first-order valence-electron chi connectivity index (χ1n) is 10.3. The molecule has 30 heavy (non-hydrogen) atoms. The van der Waals surface area contributed by atoms with E-state index >= 15 is 0 Å². The molecule has 1 atom stereocenters. The van der Waals surface area contributed by atoms with Gasteiger partial charge in [-0.3, -0.25) is 9.69 Å². The fourth-order valence-electron chi connectivity index (χ4n) is 4.03. The molecule has 1 aliphatic rings. The van der Waals surface area contributed by atoms with Crippen molar-refractivity contribution in [2.24, 2.45) is 0 Å². The van der Waals surface area contributed by atoms with Gasteiger partial charge in [-0.1, -0.05) is 41.9 Å². The molecule has 4 rings (SSSR count). The number of nitrogens with one attached hydrogen (secondary N) is 1. The van der Waals surface area contributed by atoms with Gasteiger partial charge in [0.2, 0.25) is 0 Å². The molecule has 1 amide bonds. The van der Waals surface area contributed by atoms with Crippen molar-refractivity contribution in [3.05, 3.63) is 76.2 Å². The lowest BCUT2D eigenvalue weighted by molar-refractivity contribution is 0.0933. The summed E-state index contributed by atoms with van der Waals surface area (Å²) >= 11 is 6.32. The molecule has 1 N–H and O–H groups in total. The monoisotopic (exact) mass is 423 g/mol. The number of halogens is 1. The highest BCUT2D eigenvalue weighted by atomic mass is 35.5. The van der Waals surface area contributed by atoms with E-state index in [1.165, 1.54) is 18.4 Å². The van der Waals surface area contributed by atoms with E-state index in [0.717, 1.165) is 24.5 Å². The summed E-state index contributed by atoms with van der Waals surface area (Å²) in [4.78, 5) is 19.9. The van der Waals surface area contributed by atoms with Crippen LogP contribution in [0.3, 0.4) is 0 Å². The summed E-state index contributed by atoms with van der Waals surface area (Å²) in [6.45, 7) is 6.47. The molecule has 0 bridgehead atoms. The molecule has 0 spiro atoms. The Hall–Kier alpha value is -2.70. The van der Waals surface area contributed by atoms with Crippen LogP contribution in [0, 0.1) is 13.8 Å². The van der Waals surface area contributed by atoms with Crippen LogP contribution in [0.2, 0.25) is 5.02 Å². The summed E-state index contributed by atoms with van der Waals surface area (Å²) in [5.74, 6) is 0.304. The van der Waals surface area contributed by atoms with Crippen LogP contribution in [0.4, 0.5) is 0 Å². The van der Waals surface area contributed by atoms with Gasteiger partial charge in [0.05, 0.1) is 16.8 Å². The maximum Gasteiger partial charge on any atom is 0.271 e. The molecule has 3 aromatic rings. The van der Waals surface area contributed by atoms with E-state index in [0.29, 0.717) is 17.4 Å². The second-order valence-electron chi connectivity index (χ2n) is 7.72. The van der Waals surface area contributed by atoms with E-state index in [9.17, 15) is 4.79 Å². The summed E-state index contributed by atoms with van der Waals surface area (Å²) in [6, 6.07) is 15.9. The van der Waals surface area contributed by atoms with Gasteiger partial charge in [-0.2, -0.15) is 5.10 Å². The third-order valence-electron chi connectivity index (χ3n) is 5.49. The number of pyridine rings is 1. The molecule has 0 radical (unpaired) electrons. The molecule has 1 unspecified atom stereocenters. The number of carbonyl (C=O) groups is 1. The highest BCUT2D eigenvalue weighted by Gasteiger charge is 2.25. The SMILES string of the molecule is Cc1cc(C)n(-c2ccc(Cl)c(C(=O)NCC(c3ccccc3)N3CCCC3)n2)n1. The van der Waals surface area contributed by atoms with Crippen molar-refractivity contribution in [3.8, 4) is 5.82 Å². The van der Waals surface area contributed by atoms with Gasteiger partial charge < -0.3 is 5.32 Å². The number of amides is 1. The Labute approximate surface area is 181 Å². The Morgan fingerprint density at radius 3 is 2.53 bits per heavy atom. The normalized spacial score (nSPS) is 15.3. The van der Waals surface area contributed by atoms with Crippen molar-refractivity contribution in [1.82, 2.24) is 25.0 Å². The third kappa shape index (κ3) is 4.40. The fraction of sp³-hybridized carbons (Fsp3) is 0.348. The maximum atomic E-state index is 13.0. The van der Waals surface area contributed by atoms with Crippen LogP contribution < -0.4 is 5.32 Å². The number of benzene rings is 1. The van der Waals surface area contributed by atoms with Crippen LogP contribution in [0.15, 0.2) is 48.5 Å². The molecule has 0 saturated carbocycles. The number of nitrogens with zero attached hydrogens (tertiary/aromatic N) is 4. The van der Waals surface area contributed by atoms with E-state index in [1.54, 1.807) is 16.8 Å². The zero-order valence-corrected chi connectivity index (χ0v) is 18.1. The highest BCUT2D eigenvalue weighted by Crippen LogP contribution is 2.25. The Morgan fingerprint density at radius 1 is 1.13 bits per heavy atom. The molecule has 3 heterocycles. The van der Waals surface area contributed by atoms with Crippen molar-refractivity contribution in [3.63, 3.8) is 0 Å². The standard InChI is InChI=1S/C23H26ClN5O/c1-16-14-17(2)29(27-16)21-11-10-19(24)22(26-21)23(30)25-15-20(28-12-6-7-13-28)18-8-4-3-5-9-18/h3-5,8-11,14,20H,6-7,12-13,15H2,1-2H3,(H,25,30). The van der Waals surface area contributed by atoms with Crippen LogP contribution in [0.1, 0.15) is 46.3 Å². The first-order chi connectivity index (χ1) is 14.5. The van der Waals surface area contributed by atoms with Crippen molar-refractivity contribution in [2.45, 2.75) is 32.7 Å². The van der Waals surface area contributed by atoms with Crippen molar-refractivity contribution < 1.29 is 4.79 Å². The predicted octanol–water partition coefficient (Wildman–Crippen LogP) is 4.10. The lowest BCUT2D eigenvalue weighted by Crippen LogP contribution is -2.37. The number of aryl methyl sites for hydroxylation is 2. The van der Waals surface area contributed by atoms with Gasteiger partial charge in [-0.25, -0.2) is 9.67 Å². The smallest absolute Gasteiger partial charge is 0.271 e. The van der Waals surface area contributed by atoms with E-state index in [-0.39, 0.29) is 17.6 Å². The zero-order valence-electron chi connectivity index (χ0n) is 17.3. The number of rotatable bonds is 6. The van der Waals surface area contributed by atoms with E-state index in [1.807, 2.05) is 38.1 Å². The van der Waals surface area contributed by atoms with Crippen molar-refractivity contribution in [2.75, 3.05) is 19.6 Å². The molecule has 0 aliphatic carbocycles. The minimum atomic E-state index is -0.275. The van der Waals surface area contributed by atoms with Crippen LogP contribution in [0.25, 0.3) is 5.82 Å². The topological polar surface area (TPSA) is 63.1 Å². The summed E-state index contributed by atoms with van der Waals surface area (Å²) < 4.78 is 1.72. The van der Waals surface area contributed by atoms with Crippen LogP contribution in [-0.4, -0.2) is 45.2 Å². The number of likely N-dealkylation sites (tertiary alicyclic amines) is 1. The Bertz CT molecular complexity index is 1030. The molecule has 1 aliphatic heterocycles. The Morgan fingerprint density at radius 2 is 1.87 bits per heavy atom. The van der Waals surface area contributed by atoms with Crippen molar-refractivity contribution in [1.29, 1.82) is 0 Å². The molecule has 6 nitrogen and oxygen atoms in total. The molecule has 1 fully saturated rings. The van der Waals surface area contributed by atoms with Crippen LogP contribution in [-0.2, 0) is 0 Å². The molecular weight excluding hydrogens is 398 g/mol. The quantitative estimate of drug-likeness (QED) is 0.648. The minimum Gasteiger partial charge on any atom is -0.349 e. The first kappa shape index (κ1) is 20.6. The summed E-state index contributed by atoms with van der Waals surface area (Å²) in [5, 5.41) is 7.83. The van der Waals surface area contributed by atoms with Crippen molar-refractivity contribution >= 4 is 17.5 Å². The molecule has 2 aromatic heterocycles. The number of aromatic nitrogens is 3. The second-order valence-corrected chi connectivity index (χ2v) is 8.13. The van der Waals surface area contributed by atoms with E-state index < -0.39 is 0 Å². The lowest BCUT2D eigenvalue weighted by atomic mass is 10.1. The lowest BCUT2D eigenvalue weighted by Gasteiger charge is -2.28. The molecular formula is C23H26ClN5O. The van der Waals surface area contributed by atoms with E-state index in [4.69, 9.17) is 11.6 Å². The Kier molecular flexibility index (Phi) is 6.16. The van der Waals surface area contributed by atoms with Gasteiger partial charge in [0.1, 0.15) is 5.69 Å². The minimum absolute atomic E-state index is 0.135. The van der Waals surface area contributed by atoms with Crippen LogP contribution in [0.5, 0.6) is 0 Å². The fourth-order valence-corrected chi connectivity index (χ4v) is 4.22. The van der Waals surface area contributed by atoms with Gasteiger partial charge >= 0.3 is 0 Å². The zero-order chi connectivity index (χ0) is 21.1. The number of hydrogen-bond donors (Lipinski definition) is 1. The van der Waals surface area contributed by atoms with Gasteiger partial charge in [-0.05, 0) is 63.5 Å².